The molecule has 6 N–H and O–H groups in total. The van der Waals surface area contributed by atoms with E-state index in [1.54, 1.807) is 12.3 Å². The molecule has 0 aliphatic carbocycles. The van der Waals surface area contributed by atoms with Gasteiger partial charge in [-0.2, -0.15) is 0 Å². The smallest absolute Gasteiger partial charge is 0.123 e. The van der Waals surface area contributed by atoms with Crippen LogP contribution < -0.4 is 11.1 Å². The van der Waals surface area contributed by atoms with Gasteiger partial charge in [0, 0.05) is 23.8 Å². The molecule has 0 aliphatic heterocycles. The van der Waals surface area contributed by atoms with Crippen LogP contribution in [0.1, 0.15) is 37.5 Å². The Labute approximate surface area is 162 Å². The van der Waals surface area contributed by atoms with E-state index in [-0.39, 0.29) is 35.8 Å². The number of rotatable bonds is 7. The number of nitrogens with zero attached hydrogens (tertiary/aromatic N) is 1. The summed E-state index contributed by atoms with van der Waals surface area (Å²) >= 11 is 0. The molecule has 0 bridgehead atoms. The minimum absolute atomic E-state index is 0. The van der Waals surface area contributed by atoms with Gasteiger partial charge in [-0.3, -0.25) is 0 Å². The van der Waals surface area contributed by atoms with Gasteiger partial charge < -0.3 is 21.6 Å². The maximum absolute atomic E-state index is 10.2. The van der Waals surface area contributed by atoms with E-state index in [9.17, 15) is 5.11 Å². The molecule has 0 fully saturated rings. The van der Waals surface area contributed by atoms with E-state index in [1.807, 2.05) is 12.1 Å². The number of benzene rings is 1. The van der Waals surface area contributed by atoms with Gasteiger partial charge in [0.1, 0.15) is 5.82 Å². The number of anilines is 1. The minimum atomic E-state index is -0.580. The fourth-order valence-corrected chi connectivity index (χ4v) is 2.29. The molecule has 0 radical (unpaired) electrons. The Morgan fingerprint density at radius 3 is 2.32 bits per heavy atom. The van der Waals surface area contributed by atoms with Gasteiger partial charge in [0.2, 0.25) is 0 Å². The molecule has 142 valence electrons. The van der Waals surface area contributed by atoms with E-state index in [1.165, 1.54) is 5.56 Å². The molecule has 1 aromatic heterocycles. The second-order valence-corrected chi connectivity index (χ2v) is 6.28. The molecular weight excluding hydrogens is 361 g/mol. The van der Waals surface area contributed by atoms with Crippen molar-refractivity contribution in [3.8, 4) is 0 Å². The number of β-amino-alcohol motifs (C(OH)–C–C–N with tert-alkyl or cyclic N) is 1. The second-order valence-electron chi connectivity index (χ2n) is 6.28. The van der Waals surface area contributed by atoms with Crippen LogP contribution >= 0.6 is 24.8 Å². The van der Waals surface area contributed by atoms with Gasteiger partial charge in [0.05, 0.1) is 6.10 Å². The zero-order valence-corrected chi connectivity index (χ0v) is 16.2. The predicted molar refractivity (Wildman–Crippen MR) is 109 cm³/mol. The van der Waals surface area contributed by atoms with Crippen LogP contribution in [0.2, 0.25) is 0 Å². The zero-order valence-electron chi connectivity index (χ0n) is 14.6. The Balaban J connectivity index is 0. The molecule has 7 heteroatoms. The van der Waals surface area contributed by atoms with Gasteiger partial charge >= 0.3 is 0 Å². The predicted octanol–water partition coefficient (Wildman–Crippen LogP) is 2.72. The Morgan fingerprint density at radius 1 is 1.12 bits per heavy atom. The summed E-state index contributed by atoms with van der Waals surface area (Å²) in [4.78, 5) is 4.01. The van der Waals surface area contributed by atoms with Gasteiger partial charge in [0.25, 0.3) is 0 Å². The largest absolute Gasteiger partial charge is 0.412 e. The molecule has 1 heterocycles. The van der Waals surface area contributed by atoms with Crippen LogP contribution in [0.5, 0.6) is 0 Å². The number of aromatic nitrogens is 1. The molecule has 2 aromatic rings. The van der Waals surface area contributed by atoms with Crippen LogP contribution in [0.4, 0.5) is 5.82 Å². The number of nitrogen functional groups attached to an aromatic ring is 1. The summed E-state index contributed by atoms with van der Waals surface area (Å²) in [6.45, 7) is 4.81. The second kappa shape index (κ2) is 12.1. The van der Waals surface area contributed by atoms with Crippen LogP contribution in [-0.4, -0.2) is 27.7 Å². The van der Waals surface area contributed by atoms with Gasteiger partial charge in [-0.1, -0.05) is 36.4 Å². The first-order valence-electron chi connectivity index (χ1n) is 7.65. The lowest BCUT2D eigenvalue weighted by atomic mass is 9.95. The average molecular weight is 390 g/mol. The summed E-state index contributed by atoms with van der Waals surface area (Å²) in [6, 6.07) is 14.0. The number of aliphatic hydroxyl groups is 1. The summed E-state index contributed by atoms with van der Waals surface area (Å²) in [5.74, 6) is 0.465. The summed E-state index contributed by atoms with van der Waals surface area (Å²) in [7, 11) is 0. The lowest BCUT2D eigenvalue weighted by Crippen LogP contribution is -2.42. The standard InChI is InChI=1S/C18H25N3O.2ClH.H2O/c1-18(2,11-10-14-6-4-3-5-7-14)21-13-16(22)15-8-9-17(19)20-12-15;;;/h3-9,12,16,21-22H,10-11,13H2,1-2H3,(H2,19,20);2*1H;1H2. The van der Waals surface area contributed by atoms with Crippen molar-refractivity contribution < 1.29 is 10.6 Å². The topological polar surface area (TPSA) is 103 Å². The van der Waals surface area contributed by atoms with Gasteiger partial charge in [-0.15, -0.1) is 24.8 Å². The highest BCUT2D eigenvalue weighted by Gasteiger charge is 2.19. The highest BCUT2D eigenvalue weighted by Crippen LogP contribution is 2.17. The van der Waals surface area contributed by atoms with Gasteiger partial charge in [-0.25, -0.2) is 4.98 Å². The zero-order chi connectivity index (χ0) is 16.0. The number of hydrogen-bond acceptors (Lipinski definition) is 4. The average Bonchev–Trinajstić information content (AvgIpc) is 2.53. The fourth-order valence-electron chi connectivity index (χ4n) is 2.29. The first-order chi connectivity index (χ1) is 10.5. The third-order valence-electron chi connectivity index (χ3n) is 3.85. The van der Waals surface area contributed by atoms with Crippen molar-refractivity contribution in [2.24, 2.45) is 0 Å². The Morgan fingerprint density at radius 2 is 1.76 bits per heavy atom. The first-order valence-corrected chi connectivity index (χ1v) is 7.65. The summed E-state index contributed by atoms with van der Waals surface area (Å²) in [5.41, 5.74) is 7.63. The molecule has 5 nitrogen and oxygen atoms in total. The van der Waals surface area contributed by atoms with Crippen LogP contribution in [-0.2, 0) is 6.42 Å². The number of nitrogens with two attached hydrogens (primary N) is 1. The maximum atomic E-state index is 10.2. The van der Waals surface area contributed by atoms with Crippen molar-refractivity contribution in [1.29, 1.82) is 0 Å². The van der Waals surface area contributed by atoms with Crippen LogP contribution in [0.15, 0.2) is 48.7 Å². The van der Waals surface area contributed by atoms with E-state index in [0.29, 0.717) is 12.4 Å². The maximum Gasteiger partial charge on any atom is 0.123 e. The number of halogens is 2. The SMILES string of the molecule is CC(C)(CCc1ccccc1)NCC(O)c1ccc(N)nc1.Cl.Cl.O. The molecular formula is C18H29Cl2N3O2. The molecule has 25 heavy (non-hydrogen) atoms. The molecule has 0 saturated heterocycles. The Kier molecular flexibility index (Phi) is 12.5. The normalized spacial score (nSPS) is 11.5. The van der Waals surface area contributed by atoms with E-state index in [4.69, 9.17) is 5.73 Å². The molecule has 2 rings (SSSR count). The van der Waals surface area contributed by atoms with Crippen molar-refractivity contribution >= 4 is 30.6 Å². The van der Waals surface area contributed by atoms with Crippen molar-refractivity contribution in [1.82, 2.24) is 10.3 Å². The third kappa shape index (κ3) is 9.05. The molecule has 1 unspecified atom stereocenters. The minimum Gasteiger partial charge on any atom is -0.412 e. The quantitative estimate of drug-likeness (QED) is 0.676. The summed E-state index contributed by atoms with van der Waals surface area (Å²) < 4.78 is 0. The Bertz CT molecular complexity index is 581. The van der Waals surface area contributed by atoms with Crippen LogP contribution in [0.3, 0.4) is 0 Å². The summed E-state index contributed by atoms with van der Waals surface area (Å²) in [6.07, 6.45) is 3.06. The molecule has 1 aromatic carbocycles. The monoisotopic (exact) mass is 389 g/mol. The van der Waals surface area contributed by atoms with Gasteiger partial charge in [0.15, 0.2) is 0 Å². The van der Waals surface area contributed by atoms with E-state index in [0.717, 1.165) is 18.4 Å². The Hall–Kier alpha value is -1.37. The number of pyridine rings is 1. The molecule has 0 saturated carbocycles. The van der Waals surface area contributed by atoms with Crippen LogP contribution in [0, 0.1) is 0 Å². The van der Waals surface area contributed by atoms with Crippen molar-refractivity contribution in [2.45, 2.75) is 38.3 Å². The number of hydrogen-bond donors (Lipinski definition) is 3. The lowest BCUT2D eigenvalue weighted by Gasteiger charge is -2.28. The first kappa shape index (κ1) is 25.9. The van der Waals surface area contributed by atoms with E-state index < -0.39 is 6.10 Å². The van der Waals surface area contributed by atoms with E-state index >= 15 is 0 Å². The number of aliphatic hydroxyl groups excluding tert-OH is 1. The van der Waals surface area contributed by atoms with Crippen molar-refractivity contribution in [3.63, 3.8) is 0 Å². The molecule has 0 aliphatic rings. The highest BCUT2D eigenvalue weighted by molar-refractivity contribution is 5.85. The van der Waals surface area contributed by atoms with Crippen molar-refractivity contribution in [2.75, 3.05) is 12.3 Å². The lowest BCUT2D eigenvalue weighted by molar-refractivity contribution is 0.159. The van der Waals surface area contributed by atoms with Crippen molar-refractivity contribution in [3.05, 3.63) is 59.8 Å². The molecule has 1 atom stereocenters. The molecule has 0 spiro atoms. The van der Waals surface area contributed by atoms with Crippen LogP contribution in [0.25, 0.3) is 0 Å². The number of nitrogens with one attached hydrogen (secondary N) is 1. The summed E-state index contributed by atoms with van der Waals surface area (Å²) in [5, 5.41) is 13.6. The molecule has 0 amide bonds. The fraction of sp³-hybridized carbons (Fsp3) is 0.389. The number of aryl methyl sites for hydroxylation is 1. The third-order valence-corrected chi connectivity index (χ3v) is 3.85. The van der Waals surface area contributed by atoms with Gasteiger partial charge in [-0.05, 0) is 38.3 Å². The van der Waals surface area contributed by atoms with E-state index in [2.05, 4.69) is 48.4 Å². The highest BCUT2D eigenvalue weighted by atomic mass is 35.5.